The lowest BCUT2D eigenvalue weighted by Gasteiger charge is -2.24. The Labute approximate surface area is 297 Å². The van der Waals surface area contributed by atoms with Gasteiger partial charge in [0.2, 0.25) is 15.9 Å². The summed E-state index contributed by atoms with van der Waals surface area (Å²) in [4.78, 5) is 39.5. The van der Waals surface area contributed by atoms with E-state index >= 15 is 0 Å². The molecule has 2 N–H and O–H groups in total. The van der Waals surface area contributed by atoms with Crippen molar-refractivity contribution in [3.8, 4) is 5.75 Å². The summed E-state index contributed by atoms with van der Waals surface area (Å²) in [7, 11) is -2.79. The molecule has 2 amide bonds. The van der Waals surface area contributed by atoms with Crippen LogP contribution < -0.4 is 19.7 Å². The number of halogens is 1. The van der Waals surface area contributed by atoms with E-state index in [1.54, 1.807) is 42.5 Å². The highest BCUT2D eigenvalue weighted by molar-refractivity contribution is 7.89. The van der Waals surface area contributed by atoms with E-state index in [1.807, 2.05) is 36.4 Å². The lowest BCUT2D eigenvalue weighted by molar-refractivity contribution is -0.159. The molecule has 2 atom stereocenters. The summed E-state index contributed by atoms with van der Waals surface area (Å²) in [5.74, 6) is -1.92. The van der Waals surface area contributed by atoms with E-state index in [2.05, 4.69) is 10.0 Å². The molecule has 0 bridgehead atoms. The smallest absolute Gasteiger partial charge is 0.414 e. The van der Waals surface area contributed by atoms with Gasteiger partial charge in [0.05, 0.1) is 23.2 Å². The van der Waals surface area contributed by atoms with Crippen LogP contribution in [-0.2, 0) is 42.1 Å². The minimum absolute atomic E-state index is 0.0205. The molecule has 0 aromatic heterocycles. The fourth-order valence-corrected chi connectivity index (χ4v) is 6.31. The van der Waals surface area contributed by atoms with Gasteiger partial charge in [-0.25, -0.2) is 22.7 Å². The second-order valence-electron chi connectivity index (χ2n) is 11.5. The molecule has 270 valence electrons. The van der Waals surface area contributed by atoms with Crippen LogP contribution in [0.4, 0.5) is 14.9 Å². The number of hydrogen-bond donors (Lipinski definition) is 2. The largest absolute Gasteiger partial charge is 0.461 e. The molecule has 4 aromatic carbocycles. The molecule has 0 saturated heterocycles. The lowest BCUT2D eigenvalue weighted by Crippen LogP contribution is -2.34. The molecule has 0 saturated carbocycles. The first-order valence-electron chi connectivity index (χ1n) is 16.5. The van der Waals surface area contributed by atoms with Crippen molar-refractivity contribution in [2.75, 3.05) is 25.1 Å². The quantitative estimate of drug-likeness (QED) is 0.0910. The Balaban J connectivity index is 1.59. The van der Waals surface area contributed by atoms with Crippen LogP contribution in [-0.4, -0.2) is 52.9 Å². The van der Waals surface area contributed by atoms with Crippen LogP contribution in [0, 0.1) is 0 Å². The van der Waals surface area contributed by atoms with Crippen LogP contribution in [0.15, 0.2) is 114 Å². The zero-order valence-corrected chi connectivity index (χ0v) is 29.3. The molecule has 2 unspecified atom stereocenters. The van der Waals surface area contributed by atoms with Crippen molar-refractivity contribution in [3.05, 3.63) is 126 Å². The van der Waals surface area contributed by atoms with E-state index in [1.165, 1.54) is 49.9 Å². The number of unbranched alkanes of at least 4 members (excludes halogenated alkanes) is 1. The second kappa shape index (κ2) is 19.2. The Morgan fingerprint density at radius 1 is 0.824 bits per heavy atom. The third-order valence-electron chi connectivity index (χ3n) is 7.73. The predicted molar refractivity (Wildman–Crippen MR) is 190 cm³/mol. The summed E-state index contributed by atoms with van der Waals surface area (Å²) in [5.41, 5.74) is 2.11. The van der Waals surface area contributed by atoms with Gasteiger partial charge < -0.3 is 19.5 Å². The third kappa shape index (κ3) is 11.9. The van der Waals surface area contributed by atoms with E-state index < -0.39 is 40.4 Å². The fourth-order valence-electron chi connectivity index (χ4n) is 5.06. The van der Waals surface area contributed by atoms with Crippen molar-refractivity contribution >= 4 is 33.7 Å². The molecule has 0 aliphatic heterocycles. The maximum Gasteiger partial charge on any atom is 0.414 e. The number of nitrogens with zero attached hydrogens (tertiary/aromatic N) is 1. The van der Waals surface area contributed by atoms with Crippen molar-refractivity contribution in [3.63, 3.8) is 0 Å². The molecule has 11 nitrogen and oxygen atoms in total. The van der Waals surface area contributed by atoms with E-state index in [-0.39, 0.29) is 41.5 Å². The molecule has 4 rings (SSSR count). The summed E-state index contributed by atoms with van der Waals surface area (Å²) in [6, 6.07) is 29.5. The Hall–Kier alpha value is -5.27. The zero-order valence-electron chi connectivity index (χ0n) is 28.5. The Bertz CT molecular complexity index is 1830. The number of nitrogens with one attached hydrogen (secondary N) is 2. The molecule has 13 heteroatoms. The van der Waals surface area contributed by atoms with Crippen molar-refractivity contribution in [2.24, 2.45) is 0 Å². The Morgan fingerprint density at radius 3 is 2.10 bits per heavy atom. The number of anilines is 1. The van der Waals surface area contributed by atoms with Crippen LogP contribution in [0.5, 0.6) is 5.75 Å². The van der Waals surface area contributed by atoms with Gasteiger partial charge in [-0.3, -0.25) is 9.69 Å². The summed E-state index contributed by atoms with van der Waals surface area (Å²) >= 11 is 0. The second-order valence-corrected chi connectivity index (χ2v) is 13.2. The zero-order chi connectivity index (χ0) is 36.6. The highest BCUT2D eigenvalue weighted by Crippen LogP contribution is 2.34. The standard InChI is InChI=1S/C38H42FN3O8S/c1-3-48-37(44)36(39)50-34-23-22-30(25-33(34)42(2)38(45)49-27-29-18-9-5-10-19-29)32(41-51(46,47)31-20-11-6-12-21-31)26-35(43)40-24-14-13-17-28-15-7-4-8-16-28/h4-12,15-16,18-23,25,32,36,41H,3,13-14,17,24,26-27H2,1-2H3,(H,40,43). The van der Waals surface area contributed by atoms with Crippen molar-refractivity contribution in [1.29, 1.82) is 0 Å². The van der Waals surface area contributed by atoms with Crippen molar-refractivity contribution < 1.29 is 41.4 Å². The van der Waals surface area contributed by atoms with Gasteiger partial charge in [-0.15, -0.1) is 0 Å². The van der Waals surface area contributed by atoms with Crippen LogP contribution in [0.2, 0.25) is 0 Å². The van der Waals surface area contributed by atoms with Gasteiger partial charge in [0, 0.05) is 20.0 Å². The van der Waals surface area contributed by atoms with Gasteiger partial charge in [-0.05, 0) is 67.1 Å². The van der Waals surface area contributed by atoms with Gasteiger partial charge >= 0.3 is 18.4 Å². The fraction of sp³-hybridized carbons (Fsp3) is 0.289. The van der Waals surface area contributed by atoms with E-state index in [0.29, 0.717) is 13.0 Å². The number of carbonyl (C=O) groups excluding carboxylic acids is 3. The van der Waals surface area contributed by atoms with Gasteiger partial charge in [-0.1, -0.05) is 84.9 Å². The molecule has 4 aromatic rings. The monoisotopic (exact) mass is 719 g/mol. The van der Waals surface area contributed by atoms with Gasteiger partial charge in [0.15, 0.2) is 0 Å². The molecule has 0 heterocycles. The molecule has 0 radical (unpaired) electrons. The first-order valence-corrected chi connectivity index (χ1v) is 18.0. The van der Waals surface area contributed by atoms with Crippen molar-refractivity contribution in [1.82, 2.24) is 10.0 Å². The molecule has 51 heavy (non-hydrogen) atoms. The minimum atomic E-state index is -4.14. The van der Waals surface area contributed by atoms with Crippen molar-refractivity contribution in [2.45, 2.75) is 56.5 Å². The third-order valence-corrected chi connectivity index (χ3v) is 9.21. The van der Waals surface area contributed by atoms with E-state index in [4.69, 9.17) is 14.2 Å². The molecule has 0 aliphatic carbocycles. The number of rotatable bonds is 18. The maximum atomic E-state index is 14.8. The maximum absolute atomic E-state index is 14.8. The number of hydrogen-bond acceptors (Lipinski definition) is 8. The average molecular weight is 720 g/mol. The van der Waals surface area contributed by atoms with E-state index in [9.17, 15) is 27.2 Å². The van der Waals surface area contributed by atoms with E-state index in [0.717, 1.165) is 23.3 Å². The topological polar surface area (TPSA) is 140 Å². The summed E-state index contributed by atoms with van der Waals surface area (Å²) in [5, 5.41) is 2.86. The average Bonchev–Trinajstić information content (AvgIpc) is 3.14. The number of benzene rings is 4. The number of alkyl halides is 1. The first kappa shape index (κ1) is 38.5. The van der Waals surface area contributed by atoms with Crippen LogP contribution in [0.1, 0.15) is 48.9 Å². The predicted octanol–water partition coefficient (Wildman–Crippen LogP) is 6.25. The Kier molecular flexibility index (Phi) is 14.5. The molecule has 0 aliphatic rings. The number of aryl methyl sites for hydroxylation is 1. The highest BCUT2D eigenvalue weighted by atomic mass is 32.2. The highest BCUT2D eigenvalue weighted by Gasteiger charge is 2.28. The van der Waals surface area contributed by atoms with Gasteiger partial charge in [-0.2, -0.15) is 4.39 Å². The van der Waals surface area contributed by atoms with Crippen LogP contribution in [0.25, 0.3) is 0 Å². The number of ether oxygens (including phenoxy) is 3. The summed E-state index contributed by atoms with van der Waals surface area (Å²) < 4.78 is 59.8. The minimum Gasteiger partial charge on any atom is -0.461 e. The molecular weight excluding hydrogens is 677 g/mol. The SMILES string of the molecule is CCOC(=O)C(F)Oc1ccc(C(CC(=O)NCCCCc2ccccc2)NS(=O)(=O)c2ccccc2)cc1N(C)C(=O)OCc1ccccc1. The van der Waals surface area contributed by atoms with Crippen LogP contribution >= 0.6 is 0 Å². The number of carbonyl (C=O) groups is 3. The molecule has 0 spiro atoms. The summed E-state index contributed by atoms with van der Waals surface area (Å²) in [6.45, 7) is 1.74. The number of amides is 2. The number of esters is 1. The Morgan fingerprint density at radius 2 is 1.45 bits per heavy atom. The summed E-state index contributed by atoms with van der Waals surface area (Å²) in [6.07, 6.45) is -1.28. The normalized spacial score (nSPS) is 12.3. The van der Waals surface area contributed by atoms with Crippen LogP contribution in [0.3, 0.4) is 0 Å². The van der Waals surface area contributed by atoms with Gasteiger partial charge in [0.25, 0.3) is 0 Å². The first-order chi connectivity index (χ1) is 24.6. The molecular formula is C38H42FN3O8S. The number of sulfonamides is 1. The molecule has 0 fully saturated rings. The van der Waals surface area contributed by atoms with Gasteiger partial charge in [0.1, 0.15) is 12.4 Å². The lowest BCUT2D eigenvalue weighted by atomic mass is 10.0.